The van der Waals surface area contributed by atoms with E-state index in [4.69, 9.17) is 21.5 Å². The molecule has 2 aromatic rings. The van der Waals surface area contributed by atoms with Gasteiger partial charge in [-0.25, -0.2) is 0 Å². The van der Waals surface area contributed by atoms with Crippen molar-refractivity contribution in [2.24, 2.45) is 18.1 Å². The predicted molar refractivity (Wildman–Crippen MR) is 91.8 cm³/mol. The first kappa shape index (κ1) is 16.8. The lowest BCUT2D eigenvalue weighted by Gasteiger charge is -2.25. The fraction of sp³-hybridized carbons (Fsp3) is 0.471. The van der Waals surface area contributed by atoms with E-state index in [0.29, 0.717) is 23.5 Å². The minimum absolute atomic E-state index is 0.357. The van der Waals surface area contributed by atoms with Crippen molar-refractivity contribution >= 4 is 17.8 Å². The molecule has 0 atom stereocenters. The molecule has 1 fully saturated rings. The topological polar surface area (TPSA) is 72.5 Å². The summed E-state index contributed by atoms with van der Waals surface area (Å²) in [6.07, 6.45) is 5.71. The summed E-state index contributed by atoms with van der Waals surface area (Å²) in [5.74, 6) is 3.27. The Morgan fingerprint density at radius 2 is 2.12 bits per heavy atom. The number of hydrogen-bond acceptors (Lipinski definition) is 5. The summed E-state index contributed by atoms with van der Waals surface area (Å²) in [6.45, 7) is 0.357. The Balaban J connectivity index is 1.62. The van der Waals surface area contributed by atoms with Gasteiger partial charge in [-0.3, -0.25) is 0 Å². The molecule has 1 saturated carbocycles. The van der Waals surface area contributed by atoms with Gasteiger partial charge in [-0.2, -0.15) is 0 Å². The molecular weight excluding hydrogens is 328 g/mol. The molecule has 1 aliphatic carbocycles. The number of nitrogens with zero attached hydrogens (tertiary/aromatic N) is 4. The average molecular weight is 349 g/mol. The van der Waals surface area contributed by atoms with Crippen LogP contribution in [-0.4, -0.2) is 26.2 Å². The van der Waals surface area contributed by atoms with E-state index in [9.17, 15) is 0 Å². The second-order valence-electron chi connectivity index (χ2n) is 6.16. The van der Waals surface area contributed by atoms with Crippen LogP contribution in [0.25, 0.3) is 0 Å². The highest BCUT2D eigenvalue weighted by atomic mass is 35.5. The van der Waals surface area contributed by atoms with Crippen LogP contribution in [0.15, 0.2) is 29.4 Å². The standard InChI is InChI=1S/C17H21ClN4O2/c1-22-16(11-24-15-4-2-3-14(18)9-15)20-21-17(22)13-7-5-12(6-8-13)10-19-23/h2-4,9-10,12-13,23H,5-8,11H2,1H3/b19-10+/t12-,13-. The Morgan fingerprint density at radius 1 is 1.33 bits per heavy atom. The molecule has 1 aromatic heterocycles. The van der Waals surface area contributed by atoms with Gasteiger partial charge in [0.2, 0.25) is 0 Å². The van der Waals surface area contributed by atoms with Gasteiger partial charge in [0.15, 0.2) is 5.82 Å². The molecule has 0 unspecified atom stereocenters. The lowest BCUT2D eigenvalue weighted by atomic mass is 9.82. The van der Waals surface area contributed by atoms with Crippen LogP contribution in [0.3, 0.4) is 0 Å². The second kappa shape index (κ2) is 7.66. The highest BCUT2D eigenvalue weighted by Gasteiger charge is 2.25. The fourth-order valence-electron chi connectivity index (χ4n) is 3.18. The molecule has 0 bridgehead atoms. The van der Waals surface area contributed by atoms with Gasteiger partial charge in [-0.15, -0.1) is 15.4 Å². The van der Waals surface area contributed by atoms with Crippen molar-refractivity contribution < 1.29 is 9.94 Å². The van der Waals surface area contributed by atoms with Crippen LogP contribution in [0, 0.1) is 5.92 Å². The van der Waals surface area contributed by atoms with Crippen LogP contribution in [0.5, 0.6) is 5.75 Å². The van der Waals surface area contributed by atoms with Crippen molar-refractivity contribution in [3.05, 3.63) is 40.9 Å². The van der Waals surface area contributed by atoms with Crippen molar-refractivity contribution in [1.82, 2.24) is 14.8 Å². The third kappa shape index (κ3) is 3.87. The third-order valence-electron chi connectivity index (χ3n) is 4.58. The van der Waals surface area contributed by atoms with Crippen molar-refractivity contribution in [2.75, 3.05) is 0 Å². The lowest BCUT2D eigenvalue weighted by Crippen LogP contribution is -2.17. The Labute approximate surface area is 146 Å². The summed E-state index contributed by atoms with van der Waals surface area (Å²) in [5, 5.41) is 21.1. The summed E-state index contributed by atoms with van der Waals surface area (Å²) in [4.78, 5) is 0. The first-order valence-electron chi connectivity index (χ1n) is 8.11. The summed E-state index contributed by atoms with van der Waals surface area (Å²) in [6, 6.07) is 7.32. The Kier molecular flexibility index (Phi) is 5.35. The van der Waals surface area contributed by atoms with E-state index in [1.165, 1.54) is 0 Å². The Hall–Kier alpha value is -2.08. The first-order valence-corrected chi connectivity index (χ1v) is 8.49. The number of benzene rings is 1. The quantitative estimate of drug-likeness (QED) is 0.507. The maximum absolute atomic E-state index is 8.64. The van der Waals surface area contributed by atoms with Crippen molar-refractivity contribution in [3.8, 4) is 5.75 Å². The molecule has 24 heavy (non-hydrogen) atoms. The van der Waals surface area contributed by atoms with E-state index in [1.807, 2.05) is 29.8 Å². The monoisotopic (exact) mass is 348 g/mol. The van der Waals surface area contributed by atoms with Crippen molar-refractivity contribution in [2.45, 2.75) is 38.2 Å². The Bertz CT molecular complexity index is 708. The number of ether oxygens (including phenoxy) is 1. The molecule has 1 heterocycles. The summed E-state index contributed by atoms with van der Waals surface area (Å²) in [7, 11) is 1.98. The van der Waals surface area contributed by atoms with Crippen LogP contribution in [0.1, 0.15) is 43.3 Å². The van der Waals surface area contributed by atoms with Crippen LogP contribution >= 0.6 is 11.6 Å². The van der Waals surface area contributed by atoms with Gasteiger partial charge >= 0.3 is 0 Å². The molecule has 7 heteroatoms. The van der Waals surface area contributed by atoms with Crippen LogP contribution < -0.4 is 4.74 Å². The summed E-state index contributed by atoms with van der Waals surface area (Å²) >= 11 is 5.96. The minimum atomic E-state index is 0.357. The number of rotatable bonds is 5. The van der Waals surface area contributed by atoms with Crippen LogP contribution in [0.2, 0.25) is 5.02 Å². The van der Waals surface area contributed by atoms with Crippen LogP contribution in [0.4, 0.5) is 0 Å². The molecule has 1 aliphatic rings. The van der Waals surface area contributed by atoms with E-state index in [-0.39, 0.29) is 0 Å². The number of aromatic nitrogens is 3. The smallest absolute Gasteiger partial charge is 0.170 e. The second-order valence-corrected chi connectivity index (χ2v) is 6.59. The highest BCUT2D eigenvalue weighted by Crippen LogP contribution is 2.34. The van der Waals surface area contributed by atoms with Crippen LogP contribution in [-0.2, 0) is 13.7 Å². The molecule has 3 rings (SSSR count). The normalized spacial score (nSPS) is 21.2. The summed E-state index contributed by atoms with van der Waals surface area (Å²) in [5.41, 5.74) is 0. The molecular formula is C17H21ClN4O2. The van der Waals surface area contributed by atoms with Gasteiger partial charge in [0.05, 0.1) is 0 Å². The molecule has 0 aliphatic heterocycles. The highest BCUT2D eigenvalue weighted by molar-refractivity contribution is 6.30. The summed E-state index contributed by atoms with van der Waals surface area (Å²) < 4.78 is 7.77. The largest absolute Gasteiger partial charge is 0.486 e. The average Bonchev–Trinajstić information content (AvgIpc) is 2.95. The van der Waals surface area contributed by atoms with Gasteiger partial charge in [0, 0.05) is 24.2 Å². The number of halogens is 1. The van der Waals surface area contributed by atoms with E-state index in [2.05, 4.69) is 15.4 Å². The molecule has 0 amide bonds. The molecule has 1 N–H and O–H groups in total. The lowest BCUT2D eigenvalue weighted by molar-refractivity contribution is 0.289. The zero-order valence-electron chi connectivity index (χ0n) is 13.6. The first-order chi connectivity index (χ1) is 11.7. The molecule has 6 nitrogen and oxygen atoms in total. The van der Waals surface area contributed by atoms with Gasteiger partial charge in [-0.1, -0.05) is 17.7 Å². The van der Waals surface area contributed by atoms with Gasteiger partial charge in [0.25, 0.3) is 0 Å². The fourth-order valence-corrected chi connectivity index (χ4v) is 3.36. The van der Waals surface area contributed by atoms with E-state index in [0.717, 1.165) is 43.1 Å². The molecule has 0 radical (unpaired) electrons. The van der Waals surface area contributed by atoms with Gasteiger partial charge in [-0.05, 0) is 49.8 Å². The van der Waals surface area contributed by atoms with E-state index >= 15 is 0 Å². The van der Waals surface area contributed by atoms with E-state index < -0.39 is 0 Å². The zero-order valence-corrected chi connectivity index (χ0v) is 14.4. The Morgan fingerprint density at radius 3 is 2.83 bits per heavy atom. The molecule has 1 aromatic carbocycles. The minimum Gasteiger partial charge on any atom is -0.486 e. The zero-order chi connectivity index (χ0) is 16.9. The molecule has 0 saturated heterocycles. The SMILES string of the molecule is Cn1c(COc2cccc(Cl)c2)nnc1[C@H]1CC[C@H](/C=N/O)CC1. The van der Waals surface area contributed by atoms with Crippen molar-refractivity contribution in [3.63, 3.8) is 0 Å². The third-order valence-corrected chi connectivity index (χ3v) is 4.81. The predicted octanol–water partition coefficient (Wildman–Crippen LogP) is 3.78. The maximum Gasteiger partial charge on any atom is 0.170 e. The maximum atomic E-state index is 8.64. The van der Waals surface area contributed by atoms with E-state index in [1.54, 1.807) is 12.3 Å². The van der Waals surface area contributed by atoms with Gasteiger partial charge in [0.1, 0.15) is 18.2 Å². The number of oxime groups is 1. The van der Waals surface area contributed by atoms with Crippen molar-refractivity contribution in [1.29, 1.82) is 0 Å². The number of hydrogen-bond donors (Lipinski definition) is 1. The molecule has 0 spiro atoms. The molecule has 128 valence electrons. The van der Waals surface area contributed by atoms with Gasteiger partial charge < -0.3 is 14.5 Å².